The zero-order chi connectivity index (χ0) is 18.3. The molecule has 0 N–H and O–H groups in total. The van der Waals surface area contributed by atoms with Crippen LogP contribution in [-0.4, -0.2) is 25.1 Å². The minimum atomic E-state index is -0.469. The van der Waals surface area contributed by atoms with Crippen molar-refractivity contribution in [3.63, 3.8) is 0 Å². The summed E-state index contributed by atoms with van der Waals surface area (Å²) in [6, 6.07) is 14.2. The fraction of sp³-hybridized carbons (Fsp3) is 0.111. The number of nitrogens with zero attached hydrogens (tertiary/aromatic N) is 4. The van der Waals surface area contributed by atoms with Crippen molar-refractivity contribution in [2.45, 2.75) is 6.61 Å². The van der Waals surface area contributed by atoms with Gasteiger partial charge in [-0.15, -0.1) is 10.2 Å². The number of esters is 1. The van der Waals surface area contributed by atoms with E-state index in [2.05, 4.69) is 26.1 Å². The van der Waals surface area contributed by atoms with Gasteiger partial charge in [0.05, 0.1) is 16.5 Å². The van der Waals surface area contributed by atoms with Gasteiger partial charge in [0.2, 0.25) is 5.78 Å². The maximum Gasteiger partial charge on any atom is 0.339 e. The van der Waals surface area contributed by atoms with Gasteiger partial charge in [0.15, 0.2) is 12.4 Å². The number of benzene rings is 2. The quantitative estimate of drug-likeness (QED) is 0.483. The van der Waals surface area contributed by atoms with Crippen LogP contribution in [0.5, 0.6) is 0 Å². The van der Waals surface area contributed by atoms with Gasteiger partial charge in [-0.1, -0.05) is 24.3 Å². The van der Waals surface area contributed by atoms with E-state index in [1.165, 1.54) is 4.57 Å². The van der Waals surface area contributed by atoms with Crippen molar-refractivity contribution in [2.75, 3.05) is 0 Å². The number of ether oxygens (including phenoxy) is 1. The third-order valence-electron chi connectivity index (χ3n) is 4.12. The maximum atomic E-state index is 12.4. The van der Waals surface area contributed by atoms with Gasteiger partial charge in [-0.05, 0) is 40.2 Å². The van der Waals surface area contributed by atoms with E-state index in [9.17, 15) is 9.59 Å². The second kappa shape index (κ2) is 6.38. The number of hydrogen-bond acceptors (Lipinski definition) is 5. The molecule has 2 aromatic carbocycles. The number of hydrogen-bond donors (Lipinski definition) is 0. The Labute approximate surface area is 156 Å². The summed E-state index contributed by atoms with van der Waals surface area (Å²) in [6.45, 7) is -0.0659. The van der Waals surface area contributed by atoms with Crippen LogP contribution in [0.3, 0.4) is 0 Å². The Kier molecular flexibility index (Phi) is 4.04. The largest absolute Gasteiger partial charge is 0.454 e. The second-order valence-corrected chi connectivity index (χ2v) is 6.54. The average Bonchev–Trinajstić information content (AvgIpc) is 3.09. The van der Waals surface area contributed by atoms with E-state index < -0.39 is 5.97 Å². The molecule has 0 aliphatic rings. The molecular weight excluding hydrogens is 400 g/mol. The lowest BCUT2D eigenvalue weighted by Crippen LogP contribution is -2.20. The lowest BCUT2D eigenvalue weighted by molar-refractivity contribution is 0.0460. The summed E-state index contributed by atoms with van der Waals surface area (Å²) < 4.78 is 9.21. The average molecular weight is 413 g/mol. The van der Waals surface area contributed by atoms with E-state index in [4.69, 9.17) is 4.74 Å². The molecule has 0 bridgehead atoms. The highest BCUT2D eigenvalue weighted by Gasteiger charge is 2.17. The molecule has 2 heterocycles. The molecule has 0 aliphatic carbocycles. The molecule has 0 saturated heterocycles. The smallest absolute Gasteiger partial charge is 0.339 e. The second-order valence-electron chi connectivity index (χ2n) is 5.69. The van der Waals surface area contributed by atoms with Crippen molar-refractivity contribution in [3.05, 3.63) is 74.7 Å². The van der Waals surface area contributed by atoms with E-state index in [1.54, 1.807) is 41.8 Å². The molecule has 4 rings (SSSR count). The molecule has 7 nitrogen and oxygen atoms in total. The Morgan fingerprint density at radius 1 is 1.12 bits per heavy atom. The summed E-state index contributed by atoms with van der Waals surface area (Å²) in [5.74, 6) is 0.358. The number of aromatic nitrogens is 4. The molecule has 0 fully saturated rings. The van der Waals surface area contributed by atoms with Gasteiger partial charge >= 0.3 is 5.97 Å². The molecule has 8 heteroatoms. The summed E-state index contributed by atoms with van der Waals surface area (Å²) in [5, 5.41) is 8.71. The molecule has 130 valence electrons. The van der Waals surface area contributed by atoms with E-state index in [1.807, 2.05) is 18.2 Å². The Bertz CT molecular complexity index is 1210. The van der Waals surface area contributed by atoms with Crippen LogP contribution in [0.4, 0.5) is 0 Å². The SMILES string of the molecule is Cn1c(=O)c2ccccc2n2c(COC(=O)c3ccccc3Br)nnc12. The Hall–Kier alpha value is -3.00. The van der Waals surface area contributed by atoms with E-state index in [0.717, 1.165) is 0 Å². The molecule has 0 unspecified atom stereocenters. The van der Waals surface area contributed by atoms with Gasteiger partial charge in [0.1, 0.15) is 0 Å². The molecule has 0 aliphatic heterocycles. The van der Waals surface area contributed by atoms with Crippen molar-refractivity contribution in [1.82, 2.24) is 19.2 Å². The molecule has 0 radical (unpaired) electrons. The van der Waals surface area contributed by atoms with Crippen LogP contribution in [0.25, 0.3) is 16.7 Å². The van der Waals surface area contributed by atoms with Crippen LogP contribution in [0.15, 0.2) is 57.8 Å². The topological polar surface area (TPSA) is 78.5 Å². The summed E-state index contributed by atoms with van der Waals surface area (Å²) in [6.07, 6.45) is 0. The van der Waals surface area contributed by atoms with Crippen LogP contribution < -0.4 is 5.56 Å². The molecule has 0 spiro atoms. The summed E-state index contributed by atoms with van der Waals surface area (Å²) in [7, 11) is 1.63. The molecule has 0 atom stereocenters. The first-order chi connectivity index (χ1) is 12.6. The third kappa shape index (κ3) is 2.59. The van der Waals surface area contributed by atoms with Crippen LogP contribution in [0, 0.1) is 0 Å². The van der Waals surface area contributed by atoms with Gasteiger partial charge in [-0.3, -0.25) is 13.8 Å². The summed E-state index contributed by atoms with van der Waals surface area (Å²) in [4.78, 5) is 24.7. The fourth-order valence-corrected chi connectivity index (χ4v) is 3.27. The number of fused-ring (bicyclic) bond motifs is 3. The van der Waals surface area contributed by atoms with Crippen molar-refractivity contribution in [1.29, 1.82) is 0 Å². The lowest BCUT2D eigenvalue weighted by Gasteiger charge is -2.08. The minimum absolute atomic E-state index is 0.0659. The van der Waals surface area contributed by atoms with Crippen LogP contribution in [0.2, 0.25) is 0 Å². The first-order valence-electron chi connectivity index (χ1n) is 7.81. The van der Waals surface area contributed by atoms with Crippen LogP contribution >= 0.6 is 15.9 Å². The molecule has 0 saturated carbocycles. The lowest BCUT2D eigenvalue weighted by atomic mass is 10.2. The van der Waals surface area contributed by atoms with E-state index in [0.29, 0.717) is 32.5 Å². The highest BCUT2D eigenvalue weighted by atomic mass is 79.9. The van der Waals surface area contributed by atoms with E-state index >= 15 is 0 Å². The minimum Gasteiger partial charge on any atom is -0.454 e. The predicted molar refractivity (Wildman–Crippen MR) is 99.0 cm³/mol. The van der Waals surface area contributed by atoms with Crippen molar-refractivity contribution in [3.8, 4) is 0 Å². The van der Waals surface area contributed by atoms with Crippen LogP contribution in [0.1, 0.15) is 16.2 Å². The molecule has 2 aromatic heterocycles. The van der Waals surface area contributed by atoms with Gasteiger partial charge in [-0.25, -0.2) is 4.79 Å². The highest BCUT2D eigenvalue weighted by Crippen LogP contribution is 2.18. The molecular formula is C18H13BrN4O3. The first-order valence-corrected chi connectivity index (χ1v) is 8.60. The third-order valence-corrected chi connectivity index (χ3v) is 4.81. The monoisotopic (exact) mass is 412 g/mol. The number of carbonyl (C=O) groups excluding carboxylic acids is 1. The zero-order valence-electron chi connectivity index (χ0n) is 13.7. The van der Waals surface area contributed by atoms with Crippen molar-refractivity contribution >= 4 is 38.6 Å². The molecule has 26 heavy (non-hydrogen) atoms. The highest BCUT2D eigenvalue weighted by molar-refractivity contribution is 9.10. The van der Waals surface area contributed by atoms with Gasteiger partial charge < -0.3 is 4.74 Å². The van der Waals surface area contributed by atoms with Gasteiger partial charge in [0.25, 0.3) is 5.56 Å². The Balaban J connectivity index is 1.75. The number of carbonyl (C=O) groups is 1. The number of rotatable bonds is 3. The maximum absolute atomic E-state index is 12.4. The fourth-order valence-electron chi connectivity index (χ4n) is 2.82. The van der Waals surface area contributed by atoms with E-state index in [-0.39, 0.29) is 12.2 Å². The Morgan fingerprint density at radius 2 is 1.85 bits per heavy atom. The Morgan fingerprint density at radius 3 is 2.65 bits per heavy atom. The van der Waals surface area contributed by atoms with Crippen molar-refractivity contribution < 1.29 is 9.53 Å². The summed E-state index contributed by atoms with van der Waals surface area (Å²) in [5.41, 5.74) is 0.943. The van der Waals surface area contributed by atoms with Gasteiger partial charge in [-0.2, -0.15) is 0 Å². The standard InChI is InChI=1S/C18H13BrN4O3/c1-22-16(24)12-7-3-5-9-14(12)23-15(20-21-18(22)23)10-26-17(25)11-6-2-4-8-13(11)19/h2-9H,10H2,1H3. The van der Waals surface area contributed by atoms with Crippen molar-refractivity contribution in [2.24, 2.45) is 7.05 Å². The summed E-state index contributed by atoms with van der Waals surface area (Å²) >= 11 is 3.33. The van der Waals surface area contributed by atoms with Gasteiger partial charge in [0, 0.05) is 11.5 Å². The zero-order valence-corrected chi connectivity index (χ0v) is 15.3. The number of para-hydroxylation sites is 1. The molecule has 4 aromatic rings. The number of aryl methyl sites for hydroxylation is 1. The molecule has 0 amide bonds. The number of halogens is 1. The van der Waals surface area contributed by atoms with Crippen LogP contribution in [-0.2, 0) is 18.4 Å². The first kappa shape index (κ1) is 16.5. The normalized spacial score (nSPS) is 11.2. The predicted octanol–water partition coefficient (Wildman–Crippen LogP) is 2.70.